The first-order valence-electron chi connectivity index (χ1n) is 6.29. The SMILES string of the molecule is COC(=O)c1ccc(CN2CCC[C@H](C(N)=O)C2)o1. The zero-order valence-electron chi connectivity index (χ0n) is 10.9. The molecule has 1 aliphatic heterocycles. The summed E-state index contributed by atoms with van der Waals surface area (Å²) in [5, 5.41) is 0. The highest BCUT2D eigenvalue weighted by molar-refractivity contribution is 5.86. The van der Waals surface area contributed by atoms with E-state index >= 15 is 0 Å². The Hall–Kier alpha value is -1.82. The van der Waals surface area contributed by atoms with Gasteiger partial charge in [0.2, 0.25) is 11.7 Å². The van der Waals surface area contributed by atoms with E-state index in [4.69, 9.17) is 10.2 Å². The molecule has 6 heteroatoms. The lowest BCUT2D eigenvalue weighted by molar-refractivity contribution is -0.123. The molecule has 1 fully saturated rings. The first kappa shape index (κ1) is 13.6. The third-order valence-electron chi connectivity index (χ3n) is 3.34. The summed E-state index contributed by atoms with van der Waals surface area (Å²) in [6.45, 7) is 2.11. The average molecular weight is 266 g/mol. The van der Waals surface area contributed by atoms with E-state index in [2.05, 4.69) is 9.64 Å². The molecule has 0 unspecified atom stereocenters. The second-order valence-corrected chi connectivity index (χ2v) is 4.73. The quantitative estimate of drug-likeness (QED) is 0.813. The predicted molar refractivity (Wildman–Crippen MR) is 67.2 cm³/mol. The smallest absolute Gasteiger partial charge is 0.373 e. The van der Waals surface area contributed by atoms with Gasteiger partial charge in [0.25, 0.3) is 0 Å². The van der Waals surface area contributed by atoms with Gasteiger partial charge in [-0.2, -0.15) is 0 Å². The van der Waals surface area contributed by atoms with Gasteiger partial charge >= 0.3 is 5.97 Å². The molecule has 1 aliphatic rings. The Labute approximate surface area is 111 Å². The maximum absolute atomic E-state index is 11.3. The fourth-order valence-electron chi connectivity index (χ4n) is 2.32. The summed E-state index contributed by atoms with van der Waals surface area (Å²) in [6, 6.07) is 3.34. The van der Waals surface area contributed by atoms with Crippen LogP contribution in [0.3, 0.4) is 0 Å². The zero-order chi connectivity index (χ0) is 13.8. The van der Waals surface area contributed by atoms with Crippen LogP contribution in [0.1, 0.15) is 29.2 Å². The highest BCUT2D eigenvalue weighted by Gasteiger charge is 2.24. The number of esters is 1. The fraction of sp³-hybridized carbons (Fsp3) is 0.538. The summed E-state index contributed by atoms with van der Waals surface area (Å²) in [7, 11) is 1.31. The molecule has 1 atom stereocenters. The summed E-state index contributed by atoms with van der Waals surface area (Å²) >= 11 is 0. The molecule has 0 aromatic carbocycles. The van der Waals surface area contributed by atoms with Gasteiger partial charge in [-0.3, -0.25) is 9.69 Å². The number of hydrogen-bond donors (Lipinski definition) is 1. The van der Waals surface area contributed by atoms with E-state index in [1.807, 2.05) is 0 Å². The Kier molecular flexibility index (Phi) is 4.21. The van der Waals surface area contributed by atoms with Gasteiger partial charge in [-0.05, 0) is 31.5 Å². The number of rotatable bonds is 4. The topological polar surface area (TPSA) is 85.8 Å². The van der Waals surface area contributed by atoms with E-state index in [0.717, 1.165) is 19.4 Å². The molecule has 1 amide bonds. The molecule has 2 rings (SSSR count). The minimum absolute atomic E-state index is 0.0937. The van der Waals surface area contributed by atoms with E-state index in [1.165, 1.54) is 7.11 Å². The number of primary amides is 1. The maximum Gasteiger partial charge on any atom is 0.373 e. The fourth-order valence-corrected chi connectivity index (χ4v) is 2.32. The van der Waals surface area contributed by atoms with Gasteiger partial charge in [-0.1, -0.05) is 0 Å². The molecular formula is C13H18N2O4. The number of nitrogens with zero attached hydrogens (tertiary/aromatic N) is 1. The monoisotopic (exact) mass is 266 g/mol. The second kappa shape index (κ2) is 5.88. The first-order chi connectivity index (χ1) is 9.10. The van der Waals surface area contributed by atoms with Crippen molar-refractivity contribution in [1.82, 2.24) is 4.90 Å². The van der Waals surface area contributed by atoms with Gasteiger partial charge in [0, 0.05) is 6.54 Å². The third-order valence-corrected chi connectivity index (χ3v) is 3.34. The molecule has 2 N–H and O–H groups in total. The molecular weight excluding hydrogens is 248 g/mol. The molecule has 0 saturated carbocycles. The number of amides is 1. The number of ether oxygens (including phenoxy) is 1. The Morgan fingerprint density at radius 1 is 1.53 bits per heavy atom. The van der Waals surface area contributed by atoms with Crippen LogP contribution in [0, 0.1) is 5.92 Å². The van der Waals surface area contributed by atoms with Crippen molar-refractivity contribution in [2.75, 3.05) is 20.2 Å². The first-order valence-corrected chi connectivity index (χ1v) is 6.29. The van der Waals surface area contributed by atoms with Crippen LogP contribution in [0.5, 0.6) is 0 Å². The number of carbonyl (C=O) groups excluding carboxylic acids is 2. The van der Waals surface area contributed by atoms with Crippen molar-refractivity contribution in [1.29, 1.82) is 0 Å². The lowest BCUT2D eigenvalue weighted by Crippen LogP contribution is -2.40. The van der Waals surface area contributed by atoms with Gasteiger partial charge in [0.15, 0.2) is 0 Å². The Balaban J connectivity index is 1.95. The van der Waals surface area contributed by atoms with E-state index in [-0.39, 0.29) is 17.6 Å². The predicted octanol–water partition coefficient (Wildman–Crippen LogP) is 0.763. The van der Waals surface area contributed by atoms with Crippen molar-refractivity contribution < 1.29 is 18.7 Å². The van der Waals surface area contributed by atoms with E-state index in [1.54, 1.807) is 12.1 Å². The van der Waals surface area contributed by atoms with E-state index in [0.29, 0.717) is 18.8 Å². The third kappa shape index (κ3) is 3.35. The Bertz CT molecular complexity index is 469. The van der Waals surface area contributed by atoms with E-state index in [9.17, 15) is 9.59 Å². The van der Waals surface area contributed by atoms with Crippen LogP contribution in [0.2, 0.25) is 0 Å². The largest absolute Gasteiger partial charge is 0.463 e. The zero-order valence-corrected chi connectivity index (χ0v) is 10.9. The van der Waals surface area contributed by atoms with Crippen molar-refractivity contribution >= 4 is 11.9 Å². The molecule has 1 aromatic heterocycles. The van der Waals surface area contributed by atoms with Crippen molar-refractivity contribution in [3.8, 4) is 0 Å². The summed E-state index contributed by atoms with van der Waals surface area (Å²) in [5.41, 5.74) is 5.33. The number of likely N-dealkylation sites (tertiary alicyclic amines) is 1. The number of methoxy groups -OCH3 is 1. The summed E-state index contributed by atoms with van der Waals surface area (Å²) in [4.78, 5) is 24.6. The highest BCUT2D eigenvalue weighted by Crippen LogP contribution is 2.19. The van der Waals surface area contributed by atoms with Crippen molar-refractivity contribution in [3.05, 3.63) is 23.7 Å². The minimum atomic E-state index is -0.486. The number of carbonyl (C=O) groups is 2. The van der Waals surface area contributed by atoms with Crippen LogP contribution in [-0.4, -0.2) is 37.0 Å². The normalized spacial score (nSPS) is 20.2. The molecule has 0 bridgehead atoms. The van der Waals surface area contributed by atoms with Gasteiger partial charge in [-0.25, -0.2) is 4.79 Å². The maximum atomic E-state index is 11.3. The van der Waals surface area contributed by atoms with Crippen LogP contribution >= 0.6 is 0 Å². The molecule has 1 aromatic rings. The van der Waals surface area contributed by atoms with Crippen LogP contribution in [0.25, 0.3) is 0 Å². The van der Waals surface area contributed by atoms with Crippen molar-refractivity contribution in [3.63, 3.8) is 0 Å². The minimum Gasteiger partial charge on any atom is -0.463 e. The van der Waals surface area contributed by atoms with Gasteiger partial charge < -0.3 is 14.9 Å². The molecule has 0 spiro atoms. The number of hydrogen-bond acceptors (Lipinski definition) is 5. The molecule has 0 radical (unpaired) electrons. The average Bonchev–Trinajstić information content (AvgIpc) is 2.86. The summed E-state index contributed by atoms with van der Waals surface area (Å²) in [5.74, 6) is 0.0505. The van der Waals surface area contributed by atoms with Gasteiger partial charge in [0.1, 0.15) is 5.76 Å². The van der Waals surface area contributed by atoms with Crippen LogP contribution < -0.4 is 5.73 Å². The number of nitrogens with two attached hydrogens (primary N) is 1. The number of piperidine rings is 1. The van der Waals surface area contributed by atoms with Crippen molar-refractivity contribution in [2.24, 2.45) is 11.7 Å². The Morgan fingerprint density at radius 2 is 2.32 bits per heavy atom. The van der Waals surface area contributed by atoms with Gasteiger partial charge in [-0.15, -0.1) is 0 Å². The lowest BCUT2D eigenvalue weighted by Gasteiger charge is -2.30. The molecule has 2 heterocycles. The highest BCUT2D eigenvalue weighted by atomic mass is 16.5. The second-order valence-electron chi connectivity index (χ2n) is 4.73. The number of furan rings is 1. The van der Waals surface area contributed by atoms with Crippen molar-refractivity contribution in [2.45, 2.75) is 19.4 Å². The molecule has 104 valence electrons. The lowest BCUT2D eigenvalue weighted by atomic mass is 9.97. The van der Waals surface area contributed by atoms with Gasteiger partial charge in [0.05, 0.1) is 19.6 Å². The molecule has 0 aliphatic carbocycles. The molecule has 19 heavy (non-hydrogen) atoms. The van der Waals surface area contributed by atoms with Crippen LogP contribution in [-0.2, 0) is 16.1 Å². The molecule has 1 saturated heterocycles. The van der Waals surface area contributed by atoms with Crippen LogP contribution in [0.15, 0.2) is 16.5 Å². The Morgan fingerprint density at radius 3 is 3.00 bits per heavy atom. The standard InChI is InChI=1S/C13H18N2O4/c1-18-13(17)11-5-4-10(19-11)8-15-6-2-3-9(7-15)12(14)16/h4-5,9H,2-3,6-8H2,1H3,(H2,14,16)/t9-/m0/s1. The summed E-state index contributed by atoms with van der Waals surface area (Å²) < 4.78 is 9.98. The van der Waals surface area contributed by atoms with E-state index < -0.39 is 5.97 Å². The molecule has 6 nitrogen and oxygen atoms in total. The van der Waals surface area contributed by atoms with Crippen LogP contribution in [0.4, 0.5) is 0 Å². The summed E-state index contributed by atoms with van der Waals surface area (Å²) in [6.07, 6.45) is 1.79.